The highest BCUT2D eigenvalue weighted by Gasteiger charge is 2.40. The van der Waals surface area contributed by atoms with Crippen LogP contribution in [0.3, 0.4) is 0 Å². The molecule has 1 aliphatic heterocycles. The Kier molecular flexibility index (Phi) is 5.36. The fraction of sp³-hybridized carbons (Fsp3) is 0.167. The zero-order valence-electron chi connectivity index (χ0n) is 20.9. The number of amides is 1. The average Bonchev–Trinajstić information content (AvgIpc) is 3.40. The van der Waals surface area contributed by atoms with Crippen molar-refractivity contribution in [3.05, 3.63) is 96.4 Å². The molecule has 0 atom stereocenters. The number of hydrogen-bond acceptors (Lipinski definition) is 6. The number of hydrogen-bond donors (Lipinski definition) is 2. The molecule has 39 heavy (non-hydrogen) atoms. The van der Waals surface area contributed by atoms with Crippen LogP contribution in [0.5, 0.6) is 5.88 Å². The van der Waals surface area contributed by atoms with Gasteiger partial charge in [-0.1, -0.05) is 60.7 Å². The molecule has 9 nitrogen and oxygen atoms in total. The Labute approximate surface area is 224 Å². The van der Waals surface area contributed by atoms with Gasteiger partial charge in [0.1, 0.15) is 11.4 Å². The van der Waals surface area contributed by atoms with Gasteiger partial charge in [0, 0.05) is 17.3 Å². The van der Waals surface area contributed by atoms with Crippen LogP contribution < -0.4 is 10.1 Å². The highest BCUT2D eigenvalue weighted by molar-refractivity contribution is 5.83. The predicted octanol–water partition coefficient (Wildman–Crippen LogP) is 5.60. The first-order valence-corrected chi connectivity index (χ1v) is 12.8. The molecule has 7 rings (SSSR count). The minimum absolute atomic E-state index is 0.242. The standard InChI is InChI=1S/C30H24N6O3/c37-29(38)33-30(14-6-15-30)21-12-10-20(11-13-21)26-22(19-7-2-1-3-8-19)17-24-28(32-26)39-18-25-34-35-27(36(24)25)23-9-4-5-16-31-23/h1-5,7-13,16-17,33H,6,14-15,18H2,(H,37,38). The number of ether oxygens (including phenoxy) is 1. The third-order valence-corrected chi connectivity index (χ3v) is 7.52. The summed E-state index contributed by atoms with van der Waals surface area (Å²) in [5.74, 6) is 1.80. The van der Waals surface area contributed by atoms with Crippen LogP contribution in [-0.4, -0.2) is 35.9 Å². The molecule has 0 unspecified atom stereocenters. The van der Waals surface area contributed by atoms with Crippen LogP contribution in [0.2, 0.25) is 0 Å². The van der Waals surface area contributed by atoms with Gasteiger partial charge in [0.25, 0.3) is 0 Å². The fourth-order valence-corrected chi connectivity index (χ4v) is 5.44. The van der Waals surface area contributed by atoms with Crippen molar-refractivity contribution in [3.63, 3.8) is 0 Å². The van der Waals surface area contributed by atoms with Crippen LogP contribution in [-0.2, 0) is 12.1 Å². The molecule has 2 N–H and O–H groups in total. The first-order valence-electron chi connectivity index (χ1n) is 12.8. The first kappa shape index (κ1) is 23.1. The summed E-state index contributed by atoms with van der Waals surface area (Å²) in [5, 5.41) is 20.9. The molecule has 1 saturated carbocycles. The van der Waals surface area contributed by atoms with E-state index in [1.54, 1.807) is 6.20 Å². The van der Waals surface area contributed by atoms with Gasteiger partial charge in [-0.05, 0) is 48.6 Å². The summed E-state index contributed by atoms with van der Waals surface area (Å²) in [4.78, 5) is 20.9. The molecule has 3 aromatic heterocycles. The van der Waals surface area contributed by atoms with Crippen LogP contribution in [0.4, 0.5) is 4.79 Å². The number of carboxylic acid groups (broad SMARTS) is 1. The van der Waals surface area contributed by atoms with E-state index < -0.39 is 11.6 Å². The van der Waals surface area contributed by atoms with Gasteiger partial charge in [-0.2, -0.15) is 0 Å². The second kappa shape index (κ2) is 9.05. The van der Waals surface area contributed by atoms with Gasteiger partial charge in [0.05, 0.1) is 11.2 Å². The SMILES string of the molecule is O=C(O)NC1(c2ccc(-c3nc4c(cc3-c3ccccc3)-n3c(nnc3-c3ccccn3)CO4)cc2)CCC1. The number of carbonyl (C=O) groups is 1. The summed E-state index contributed by atoms with van der Waals surface area (Å²) in [7, 11) is 0. The largest absolute Gasteiger partial charge is 0.468 e. The van der Waals surface area contributed by atoms with Crippen LogP contribution in [0, 0.1) is 0 Å². The van der Waals surface area contributed by atoms with Crippen molar-refractivity contribution in [1.82, 2.24) is 30.0 Å². The lowest BCUT2D eigenvalue weighted by molar-refractivity contribution is 0.144. The number of nitrogens with zero attached hydrogens (tertiary/aromatic N) is 5. The third-order valence-electron chi connectivity index (χ3n) is 7.52. The normalized spacial score (nSPS) is 14.9. The van der Waals surface area contributed by atoms with Gasteiger partial charge in [0.15, 0.2) is 18.3 Å². The lowest BCUT2D eigenvalue weighted by atomic mass is 9.71. The summed E-state index contributed by atoms with van der Waals surface area (Å²) < 4.78 is 8.03. The van der Waals surface area contributed by atoms with E-state index >= 15 is 0 Å². The summed E-state index contributed by atoms with van der Waals surface area (Å²) in [5.41, 5.74) is 5.53. The van der Waals surface area contributed by atoms with E-state index in [0.29, 0.717) is 23.2 Å². The summed E-state index contributed by atoms with van der Waals surface area (Å²) in [6.45, 7) is 0.242. The number of rotatable bonds is 5. The van der Waals surface area contributed by atoms with E-state index in [9.17, 15) is 9.90 Å². The molecule has 1 aliphatic carbocycles. The van der Waals surface area contributed by atoms with Gasteiger partial charge in [-0.25, -0.2) is 9.78 Å². The quantitative estimate of drug-likeness (QED) is 0.313. The molecule has 2 aliphatic rings. The lowest BCUT2D eigenvalue weighted by Crippen LogP contribution is -2.50. The van der Waals surface area contributed by atoms with Gasteiger partial charge < -0.3 is 15.2 Å². The summed E-state index contributed by atoms with van der Waals surface area (Å²) in [6.07, 6.45) is 3.31. The van der Waals surface area contributed by atoms with Gasteiger partial charge >= 0.3 is 6.09 Å². The van der Waals surface area contributed by atoms with Crippen molar-refractivity contribution < 1.29 is 14.6 Å². The van der Waals surface area contributed by atoms with Crippen LogP contribution in [0.25, 0.3) is 39.6 Å². The molecule has 0 spiro atoms. The van der Waals surface area contributed by atoms with Gasteiger partial charge in [-0.3, -0.25) is 9.55 Å². The second-order valence-corrected chi connectivity index (χ2v) is 9.80. The maximum atomic E-state index is 11.4. The Morgan fingerprint density at radius 3 is 2.44 bits per heavy atom. The topological polar surface area (TPSA) is 115 Å². The molecule has 0 saturated heterocycles. The Morgan fingerprint density at radius 2 is 1.74 bits per heavy atom. The first-order chi connectivity index (χ1) is 19.1. The average molecular weight is 517 g/mol. The minimum atomic E-state index is -1.00. The van der Waals surface area contributed by atoms with Crippen LogP contribution >= 0.6 is 0 Å². The number of fused-ring (bicyclic) bond motifs is 3. The van der Waals surface area contributed by atoms with Crippen molar-refractivity contribution in [1.29, 1.82) is 0 Å². The zero-order chi connectivity index (χ0) is 26.4. The van der Waals surface area contributed by atoms with E-state index in [4.69, 9.17) is 9.72 Å². The monoisotopic (exact) mass is 516 g/mol. The fourth-order valence-electron chi connectivity index (χ4n) is 5.44. The second-order valence-electron chi connectivity index (χ2n) is 9.80. The maximum Gasteiger partial charge on any atom is 0.405 e. The number of aromatic nitrogens is 5. The van der Waals surface area contributed by atoms with Crippen molar-refractivity contribution >= 4 is 6.09 Å². The Balaban J connectivity index is 1.37. The molecule has 192 valence electrons. The number of pyridine rings is 2. The molecule has 0 bridgehead atoms. The van der Waals surface area contributed by atoms with Crippen LogP contribution in [0.1, 0.15) is 30.7 Å². The molecule has 5 aromatic rings. The Morgan fingerprint density at radius 1 is 0.949 bits per heavy atom. The highest BCUT2D eigenvalue weighted by Crippen LogP contribution is 2.43. The van der Waals surface area contributed by atoms with E-state index in [0.717, 1.165) is 52.9 Å². The molecule has 1 fully saturated rings. The van der Waals surface area contributed by atoms with Gasteiger partial charge in [-0.15, -0.1) is 10.2 Å². The van der Waals surface area contributed by atoms with Crippen molar-refractivity contribution in [2.75, 3.05) is 0 Å². The minimum Gasteiger partial charge on any atom is -0.468 e. The number of nitrogens with one attached hydrogen (secondary N) is 1. The predicted molar refractivity (Wildman–Crippen MR) is 144 cm³/mol. The molecule has 9 heteroatoms. The third kappa shape index (κ3) is 3.90. The molecule has 2 aromatic carbocycles. The molecular formula is C30H24N6O3. The molecule has 0 radical (unpaired) electrons. The Hall–Kier alpha value is -5.05. The van der Waals surface area contributed by atoms with Crippen molar-refractivity contribution in [2.24, 2.45) is 0 Å². The smallest absolute Gasteiger partial charge is 0.405 e. The Bertz CT molecular complexity index is 1680. The maximum absolute atomic E-state index is 11.4. The number of benzene rings is 2. The summed E-state index contributed by atoms with van der Waals surface area (Å²) in [6, 6.07) is 25.9. The van der Waals surface area contributed by atoms with E-state index in [1.807, 2.05) is 65.2 Å². The van der Waals surface area contributed by atoms with Crippen molar-refractivity contribution in [2.45, 2.75) is 31.4 Å². The van der Waals surface area contributed by atoms with Crippen molar-refractivity contribution in [3.8, 4) is 45.5 Å². The molecule has 1 amide bonds. The highest BCUT2D eigenvalue weighted by atomic mass is 16.5. The van der Waals surface area contributed by atoms with Crippen LogP contribution in [0.15, 0.2) is 85.1 Å². The lowest BCUT2D eigenvalue weighted by Gasteiger charge is -2.42. The van der Waals surface area contributed by atoms with E-state index in [2.05, 4.69) is 38.7 Å². The van der Waals surface area contributed by atoms with E-state index in [-0.39, 0.29) is 6.61 Å². The molecular weight excluding hydrogens is 492 g/mol. The zero-order valence-corrected chi connectivity index (χ0v) is 20.9. The summed E-state index contributed by atoms with van der Waals surface area (Å²) >= 11 is 0. The van der Waals surface area contributed by atoms with E-state index in [1.165, 1.54) is 0 Å². The van der Waals surface area contributed by atoms with Gasteiger partial charge in [0.2, 0.25) is 5.88 Å². The molecule has 4 heterocycles.